The Balaban J connectivity index is 1.17. The first-order chi connectivity index (χ1) is 15.5. The number of rotatable bonds is 8. The molecule has 2 aromatic carbocycles. The molecule has 2 aliphatic rings. The monoisotopic (exact) mass is 476 g/mol. The fraction of sp³-hybridized carbons (Fsp3) is 0.458. The molecule has 172 valence electrons. The third kappa shape index (κ3) is 5.49. The van der Waals surface area contributed by atoms with Crippen molar-refractivity contribution in [3.63, 3.8) is 0 Å². The number of nitrogens with two attached hydrogens (primary N) is 1. The van der Waals surface area contributed by atoms with Crippen LogP contribution in [0.3, 0.4) is 0 Å². The molecule has 4 rings (SSSR count). The molecule has 2 aromatic rings. The van der Waals surface area contributed by atoms with Gasteiger partial charge in [0.1, 0.15) is 5.75 Å². The number of fused-ring (bicyclic) bond motifs is 1. The molecule has 0 spiro atoms. The van der Waals surface area contributed by atoms with E-state index in [0.29, 0.717) is 29.6 Å². The molecule has 2 aliphatic heterocycles. The second-order valence-electron chi connectivity index (χ2n) is 8.39. The lowest BCUT2D eigenvalue weighted by molar-refractivity contribution is -0.116. The van der Waals surface area contributed by atoms with Gasteiger partial charge in [0, 0.05) is 50.3 Å². The average molecular weight is 477 g/mol. The predicted octanol–water partition coefficient (Wildman–Crippen LogP) is 4.36. The maximum Gasteiger partial charge on any atom is 0.225 e. The van der Waals surface area contributed by atoms with Crippen LogP contribution in [0.5, 0.6) is 5.75 Å². The average Bonchev–Trinajstić information content (AvgIpc) is 2.80. The van der Waals surface area contributed by atoms with Crippen LogP contribution in [-0.4, -0.2) is 56.7 Å². The first kappa shape index (κ1) is 23.2. The Labute approximate surface area is 199 Å². The molecule has 8 heteroatoms. The summed E-state index contributed by atoms with van der Waals surface area (Å²) in [4.78, 5) is 16.6. The first-order valence-corrected chi connectivity index (χ1v) is 12.0. The maximum absolute atomic E-state index is 11.9. The third-order valence-corrected chi connectivity index (χ3v) is 7.05. The van der Waals surface area contributed by atoms with E-state index in [9.17, 15) is 4.79 Å². The van der Waals surface area contributed by atoms with Gasteiger partial charge in [-0.15, -0.1) is 0 Å². The van der Waals surface area contributed by atoms with Crippen molar-refractivity contribution in [3.8, 4) is 5.75 Å². The van der Waals surface area contributed by atoms with Crippen LogP contribution in [0.15, 0.2) is 36.4 Å². The van der Waals surface area contributed by atoms with Crippen molar-refractivity contribution in [2.24, 2.45) is 5.73 Å². The molecule has 0 aliphatic carbocycles. The normalized spacial score (nSPS) is 18.9. The van der Waals surface area contributed by atoms with E-state index < -0.39 is 0 Å². The zero-order valence-corrected chi connectivity index (χ0v) is 19.7. The van der Waals surface area contributed by atoms with Crippen LogP contribution in [0.2, 0.25) is 10.0 Å². The largest absolute Gasteiger partial charge is 0.494 e. The van der Waals surface area contributed by atoms with E-state index in [4.69, 9.17) is 33.7 Å². The number of unbranched alkanes of at least 4 members (excludes halogenated alkanes) is 1. The van der Waals surface area contributed by atoms with Gasteiger partial charge < -0.3 is 20.7 Å². The van der Waals surface area contributed by atoms with E-state index in [-0.39, 0.29) is 11.8 Å². The highest BCUT2D eigenvalue weighted by Gasteiger charge is 2.24. The molecule has 3 N–H and O–H groups in total. The Bertz CT molecular complexity index is 948. The molecule has 0 bridgehead atoms. The van der Waals surface area contributed by atoms with E-state index in [0.717, 1.165) is 68.3 Å². The number of nitrogens with one attached hydrogen (secondary N) is 1. The van der Waals surface area contributed by atoms with Gasteiger partial charge in [-0.2, -0.15) is 0 Å². The topological polar surface area (TPSA) is 70.8 Å². The number of piperazine rings is 1. The summed E-state index contributed by atoms with van der Waals surface area (Å²) < 4.78 is 5.93. The Morgan fingerprint density at radius 2 is 1.91 bits per heavy atom. The lowest BCUT2D eigenvalue weighted by Crippen LogP contribution is -2.46. The molecule has 32 heavy (non-hydrogen) atoms. The van der Waals surface area contributed by atoms with Crippen molar-refractivity contribution in [1.29, 1.82) is 0 Å². The predicted molar refractivity (Wildman–Crippen MR) is 131 cm³/mol. The van der Waals surface area contributed by atoms with E-state index in [1.165, 1.54) is 0 Å². The van der Waals surface area contributed by atoms with Gasteiger partial charge in [-0.3, -0.25) is 9.69 Å². The summed E-state index contributed by atoms with van der Waals surface area (Å²) in [5, 5.41) is 4.17. The Kier molecular flexibility index (Phi) is 7.79. The molecule has 1 saturated heterocycles. The number of anilines is 2. The summed E-state index contributed by atoms with van der Waals surface area (Å²) in [6, 6.07) is 11.7. The fourth-order valence-corrected chi connectivity index (χ4v) is 4.83. The van der Waals surface area contributed by atoms with Crippen LogP contribution in [0.4, 0.5) is 11.4 Å². The van der Waals surface area contributed by atoms with Gasteiger partial charge in [0.05, 0.1) is 22.3 Å². The van der Waals surface area contributed by atoms with Crippen LogP contribution in [0.1, 0.15) is 30.7 Å². The SMILES string of the molecule is NCC1CC(=O)Nc2cc(OCCCCN3CCN(c4cccc(Cl)c4Cl)CC3)ccc21. The summed E-state index contributed by atoms with van der Waals surface area (Å²) in [7, 11) is 0. The van der Waals surface area contributed by atoms with Crippen molar-refractivity contribution >= 4 is 40.5 Å². The second kappa shape index (κ2) is 10.8. The molecular weight excluding hydrogens is 447 g/mol. The van der Waals surface area contributed by atoms with Gasteiger partial charge in [-0.05, 0) is 49.7 Å². The van der Waals surface area contributed by atoms with Gasteiger partial charge in [-0.25, -0.2) is 0 Å². The number of ether oxygens (including phenoxy) is 1. The zero-order chi connectivity index (χ0) is 22.5. The Morgan fingerprint density at radius 3 is 2.69 bits per heavy atom. The summed E-state index contributed by atoms with van der Waals surface area (Å²) in [6.45, 7) is 6.10. The van der Waals surface area contributed by atoms with Gasteiger partial charge in [0.15, 0.2) is 0 Å². The van der Waals surface area contributed by atoms with Crippen molar-refractivity contribution in [2.75, 3.05) is 56.1 Å². The quantitative estimate of drug-likeness (QED) is 0.553. The third-order valence-electron chi connectivity index (χ3n) is 6.24. The molecule has 1 atom stereocenters. The minimum absolute atomic E-state index is 0.0165. The second-order valence-corrected chi connectivity index (χ2v) is 9.18. The number of halogens is 2. The minimum Gasteiger partial charge on any atom is -0.494 e. The number of hydrogen-bond acceptors (Lipinski definition) is 5. The van der Waals surface area contributed by atoms with E-state index >= 15 is 0 Å². The summed E-state index contributed by atoms with van der Waals surface area (Å²) in [6.07, 6.45) is 2.51. The molecule has 1 amide bonds. The number of hydrogen-bond donors (Lipinski definition) is 2. The zero-order valence-electron chi connectivity index (χ0n) is 18.2. The summed E-state index contributed by atoms with van der Waals surface area (Å²) >= 11 is 12.5. The standard InChI is InChI=1S/C24H30Cl2N4O2/c25-20-4-3-5-22(24(20)26)30-11-9-29(10-12-30)8-1-2-13-32-18-6-7-19-17(16-27)14-23(31)28-21(19)15-18/h3-7,15,17H,1-2,8-14,16,27H2,(H,28,31). The van der Waals surface area contributed by atoms with Crippen molar-refractivity contribution in [1.82, 2.24) is 4.90 Å². The number of carbonyl (C=O) groups excluding carboxylic acids is 1. The molecule has 0 saturated carbocycles. The minimum atomic E-state index is 0.0165. The van der Waals surface area contributed by atoms with Gasteiger partial charge in [-0.1, -0.05) is 35.3 Å². The molecular formula is C24H30Cl2N4O2. The maximum atomic E-state index is 11.9. The highest BCUT2D eigenvalue weighted by Crippen LogP contribution is 2.34. The summed E-state index contributed by atoms with van der Waals surface area (Å²) in [5.74, 6) is 0.889. The highest BCUT2D eigenvalue weighted by atomic mass is 35.5. The van der Waals surface area contributed by atoms with Crippen molar-refractivity contribution in [2.45, 2.75) is 25.2 Å². The number of amides is 1. The fourth-order valence-electron chi connectivity index (χ4n) is 4.41. The van der Waals surface area contributed by atoms with Gasteiger partial charge in [0.25, 0.3) is 0 Å². The van der Waals surface area contributed by atoms with Crippen LogP contribution in [-0.2, 0) is 4.79 Å². The molecule has 2 heterocycles. The van der Waals surface area contributed by atoms with E-state index in [2.05, 4.69) is 15.1 Å². The van der Waals surface area contributed by atoms with Crippen LogP contribution in [0.25, 0.3) is 0 Å². The van der Waals surface area contributed by atoms with Crippen LogP contribution < -0.4 is 20.7 Å². The Hall–Kier alpha value is -1.99. The molecule has 1 fully saturated rings. The van der Waals surface area contributed by atoms with Crippen LogP contribution in [0, 0.1) is 0 Å². The molecule has 0 aromatic heterocycles. The van der Waals surface area contributed by atoms with Crippen molar-refractivity contribution in [3.05, 3.63) is 52.0 Å². The van der Waals surface area contributed by atoms with Gasteiger partial charge >= 0.3 is 0 Å². The lowest BCUT2D eigenvalue weighted by atomic mass is 9.90. The highest BCUT2D eigenvalue weighted by molar-refractivity contribution is 6.43. The smallest absolute Gasteiger partial charge is 0.225 e. The number of nitrogens with zero attached hydrogens (tertiary/aromatic N) is 2. The number of benzene rings is 2. The Morgan fingerprint density at radius 1 is 1.09 bits per heavy atom. The lowest BCUT2D eigenvalue weighted by Gasteiger charge is -2.36. The molecule has 6 nitrogen and oxygen atoms in total. The van der Waals surface area contributed by atoms with Crippen molar-refractivity contribution < 1.29 is 9.53 Å². The van der Waals surface area contributed by atoms with Crippen LogP contribution >= 0.6 is 23.2 Å². The van der Waals surface area contributed by atoms with E-state index in [1.54, 1.807) is 0 Å². The number of carbonyl (C=O) groups is 1. The first-order valence-electron chi connectivity index (χ1n) is 11.2. The molecule has 0 radical (unpaired) electrons. The molecule has 1 unspecified atom stereocenters. The van der Waals surface area contributed by atoms with Gasteiger partial charge in [0.2, 0.25) is 5.91 Å². The summed E-state index contributed by atoms with van der Waals surface area (Å²) in [5.41, 5.74) is 8.75. The van der Waals surface area contributed by atoms with E-state index in [1.807, 2.05) is 36.4 Å².